The molecule has 2 aromatic rings. The highest BCUT2D eigenvalue weighted by molar-refractivity contribution is 7.80. The number of aromatic amines is 1. The second-order valence-electron chi connectivity index (χ2n) is 4.80. The molecule has 0 aliphatic carbocycles. The number of nitrogens with zero attached hydrogens (tertiary/aromatic N) is 1. The summed E-state index contributed by atoms with van der Waals surface area (Å²) >= 11 is 5.63. The molecule has 0 radical (unpaired) electrons. The summed E-state index contributed by atoms with van der Waals surface area (Å²) in [7, 11) is 0. The molecular formula is C11H14N2O2S2. The van der Waals surface area contributed by atoms with Gasteiger partial charge in [-0.2, -0.15) is 12.6 Å². The van der Waals surface area contributed by atoms with Gasteiger partial charge in [0.1, 0.15) is 4.70 Å². The van der Waals surface area contributed by atoms with Crippen LogP contribution in [-0.2, 0) is 6.54 Å². The summed E-state index contributed by atoms with van der Waals surface area (Å²) in [4.78, 5) is 25.8. The van der Waals surface area contributed by atoms with Gasteiger partial charge in [-0.3, -0.25) is 14.3 Å². The number of thiophene rings is 1. The van der Waals surface area contributed by atoms with Crippen molar-refractivity contribution in [2.45, 2.75) is 20.4 Å². The second-order valence-corrected chi connectivity index (χ2v) is 6.04. The molecule has 0 amide bonds. The van der Waals surface area contributed by atoms with Gasteiger partial charge in [0.2, 0.25) is 0 Å². The molecule has 0 unspecified atom stereocenters. The predicted octanol–water partition coefficient (Wildman–Crippen LogP) is 1.71. The first kappa shape index (κ1) is 12.4. The Morgan fingerprint density at radius 1 is 1.47 bits per heavy atom. The van der Waals surface area contributed by atoms with E-state index in [4.69, 9.17) is 0 Å². The van der Waals surface area contributed by atoms with Crippen LogP contribution in [0.3, 0.4) is 0 Å². The highest BCUT2D eigenvalue weighted by atomic mass is 32.1. The Labute approximate surface area is 108 Å². The molecule has 2 rings (SSSR count). The molecule has 4 nitrogen and oxygen atoms in total. The fourth-order valence-corrected chi connectivity index (χ4v) is 2.54. The Kier molecular flexibility index (Phi) is 3.18. The fraction of sp³-hybridized carbons (Fsp3) is 0.455. The minimum atomic E-state index is -0.351. The van der Waals surface area contributed by atoms with E-state index in [1.807, 2.05) is 25.3 Å². The molecule has 0 aliphatic rings. The van der Waals surface area contributed by atoms with Crippen LogP contribution >= 0.6 is 24.0 Å². The zero-order valence-electron chi connectivity index (χ0n) is 9.69. The monoisotopic (exact) mass is 270 g/mol. The first-order valence-electron chi connectivity index (χ1n) is 5.26. The summed E-state index contributed by atoms with van der Waals surface area (Å²) in [5.74, 6) is 0.671. The van der Waals surface area contributed by atoms with Crippen molar-refractivity contribution in [3.8, 4) is 0 Å². The highest BCUT2D eigenvalue weighted by Gasteiger charge is 2.19. The largest absolute Gasteiger partial charge is 0.328 e. The van der Waals surface area contributed by atoms with Gasteiger partial charge in [-0.05, 0) is 22.6 Å². The maximum atomic E-state index is 11.8. The maximum absolute atomic E-state index is 11.8. The average molecular weight is 270 g/mol. The lowest BCUT2D eigenvalue weighted by molar-refractivity contribution is 0.351. The molecule has 0 atom stereocenters. The van der Waals surface area contributed by atoms with Gasteiger partial charge in [0.15, 0.2) is 0 Å². The normalized spacial score (nSPS) is 12.2. The number of nitrogens with one attached hydrogen (secondary N) is 1. The quantitative estimate of drug-likeness (QED) is 0.834. The van der Waals surface area contributed by atoms with Crippen LogP contribution in [0, 0.1) is 5.41 Å². The Morgan fingerprint density at radius 3 is 2.82 bits per heavy atom. The van der Waals surface area contributed by atoms with Crippen LogP contribution in [0.1, 0.15) is 13.8 Å². The van der Waals surface area contributed by atoms with E-state index >= 15 is 0 Å². The van der Waals surface area contributed by atoms with Crippen LogP contribution in [0.5, 0.6) is 0 Å². The van der Waals surface area contributed by atoms with Gasteiger partial charge in [0, 0.05) is 6.54 Å². The second kappa shape index (κ2) is 4.34. The Balaban J connectivity index is 2.65. The number of fused-ring (bicyclic) bond motifs is 1. The summed E-state index contributed by atoms with van der Waals surface area (Å²) in [5.41, 5.74) is -0.0469. The van der Waals surface area contributed by atoms with Crippen LogP contribution in [0.25, 0.3) is 10.2 Å². The van der Waals surface area contributed by atoms with Crippen LogP contribution in [-0.4, -0.2) is 15.3 Å². The van der Waals surface area contributed by atoms with E-state index in [2.05, 4.69) is 17.6 Å². The van der Waals surface area contributed by atoms with Crippen molar-refractivity contribution in [2.24, 2.45) is 5.41 Å². The Morgan fingerprint density at radius 2 is 2.18 bits per heavy atom. The molecule has 17 heavy (non-hydrogen) atoms. The van der Waals surface area contributed by atoms with Gasteiger partial charge >= 0.3 is 5.69 Å². The topological polar surface area (TPSA) is 54.9 Å². The molecule has 0 fully saturated rings. The molecule has 0 spiro atoms. The van der Waals surface area contributed by atoms with E-state index in [-0.39, 0.29) is 16.7 Å². The lowest BCUT2D eigenvalue weighted by Crippen LogP contribution is -2.34. The lowest BCUT2D eigenvalue weighted by Gasteiger charge is -2.23. The van der Waals surface area contributed by atoms with Crippen LogP contribution < -0.4 is 11.2 Å². The standard InChI is InChI=1S/C11H14N2O2S2/c1-11(2,6-16)5-13-7-3-4-17-8(7)9(14)12-10(13)15/h3-4,16H,5-6H2,1-2H3,(H,12,14,15). The van der Waals surface area contributed by atoms with Crippen LogP contribution in [0.4, 0.5) is 0 Å². The minimum absolute atomic E-state index is 0.0972. The molecule has 92 valence electrons. The number of rotatable bonds is 3. The molecule has 6 heteroatoms. The highest BCUT2D eigenvalue weighted by Crippen LogP contribution is 2.22. The van der Waals surface area contributed by atoms with Crippen molar-refractivity contribution in [1.82, 2.24) is 9.55 Å². The number of H-pyrrole nitrogens is 1. The van der Waals surface area contributed by atoms with E-state index < -0.39 is 0 Å². The number of hydrogen-bond acceptors (Lipinski definition) is 4. The van der Waals surface area contributed by atoms with E-state index in [1.165, 1.54) is 11.3 Å². The van der Waals surface area contributed by atoms with Crippen molar-refractivity contribution >= 4 is 34.2 Å². The Hall–Kier alpha value is -1.01. The van der Waals surface area contributed by atoms with E-state index in [1.54, 1.807) is 4.57 Å². The third-order valence-corrected chi connectivity index (χ3v) is 4.38. The number of thiol groups is 1. The zero-order chi connectivity index (χ0) is 12.6. The predicted molar refractivity (Wildman–Crippen MR) is 74.3 cm³/mol. The molecule has 0 saturated carbocycles. The van der Waals surface area contributed by atoms with Crippen molar-refractivity contribution in [3.63, 3.8) is 0 Å². The van der Waals surface area contributed by atoms with Crippen molar-refractivity contribution in [3.05, 3.63) is 32.3 Å². The summed E-state index contributed by atoms with van der Waals surface area (Å²) < 4.78 is 2.21. The Bertz CT molecular complexity index is 651. The summed E-state index contributed by atoms with van der Waals surface area (Å²) in [5, 5.41) is 1.82. The van der Waals surface area contributed by atoms with E-state index in [0.717, 1.165) is 0 Å². The third kappa shape index (κ3) is 2.32. The van der Waals surface area contributed by atoms with Crippen molar-refractivity contribution < 1.29 is 0 Å². The molecule has 0 aliphatic heterocycles. The van der Waals surface area contributed by atoms with E-state index in [0.29, 0.717) is 22.5 Å². The first-order chi connectivity index (χ1) is 7.94. The van der Waals surface area contributed by atoms with Gasteiger partial charge in [0.25, 0.3) is 5.56 Å². The molecule has 0 saturated heterocycles. The van der Waals surface area contributed by atoms with Crippen LogP contribution in [0.2, 0.25) is 0 Å². The maximum Gasteiger partial charge on any atom is 0.328 e. The molecule has 2 heterocycles. The number of hydrogen-bond donors (Lipinski definition) is 2. The van der Waals surface area contributed by atoms with Gasteiger partial charge < -0.3 is 0 Å². The molecule has 0 aromatic carbocycles. The van der Waals surface area contributed by atoms with Crippen LogP contribution in [0.15, 0.2) is 21.0 Å². The number of aromatic nitrogens is 2. The third-order valence-electron chi connectivity index (χ3n) is 2.62. The van der Waals surface area contributed by atoms with Crippen molar-refractivity contribution in [2.75, 3.05) is 5.75 Å². The lowest BCUT2D eigenvalue weighted by atomic mass is 9.96. The van der Waals surface area contributed by atoms with Gasteiger partial charge in [0.05, 0.1) is 5.52 Å². The van der Waals surface area contributed by atoms with E-state index in [9.17, 15) is 9.59 Å². The smallest absolute Gasteiger partial charge is 0.292 e. The van der Waals surface area contributed by atoms with Gasteiger partial charge in [-0.1, -0.05) is 13.8 Å². The summed E-state index contributed by atoms with van der Waals surface area (Å²) in [6.45, 7) is 4.62. The first-order valence-corrected chi connectivity index (χ1v) is 6.77. The summed E-state index contributed by atoms with van der Waals surface area (Å²) in [6.07, 6.45) is 0. The SMILES string of the molecule is CC(C)(CS)Cn1c(=O)[nH]c(=O)c2sccc21. The minimum Gasteiger partial charge on any atom is -0.292 e. The molecule has 1 N–H and O–H groups in total. The van der Waals surface area contributed by atoms with Gasteiger partial charge in [-0.25, -0.2) is 4.79 Å². The summed E-state index contributed by atoms with van der Waals surface area (Å²) in [6, 6.07) is 1.81. The van der Waals surface area contributed by atoms with Gasteiger partial charge in [-0.15, -0.1) is 11.3 Å². The molecular weight excluding hydrogens is 256 g/mol. The molecule has 0 bridgehead atoms. The average Bonchev–Trinajstić information content (AvgIpc) is 2.73. The molecule has 2 aromatic heterocycles. The zero-order valence-corrected chi connectivity index (χ0v) is 11.4. The van der Waals surface area contributed by atoms with Crippen molar-refractivity contribution in [1.29, 1.82) is 0 Å². The fourth-order valence-electron chi connectivity index (χ4n) is 1.65.